The number of thioether (sulfide) groups is 1. The van der Waals surface area contributed by atoms with Crippen molar-refractivity contribution in [1.82, 2.24) is 5.32 Å². The van der Waals surface area contributed by atoms with Crippen LogP contribution in [0.15, 0.2) is 60.7 Å². The van der Waals surface area contributed by atoms with Crippen molar-refractivity contribution >= 4 is 17.7 Å². The van der Waals surface area contributed by atoms with Crippen molar-refractivity contribution in [2.24, 2.45) is 0 Å². The summed E-state index contributed by atoms with van der Waals surface area (Å²) < 4.78 is 0. The minimum absolute atomic E-state index is 0.0504. The molecule has 0 radical (unpaired) electrons. The second-order valence-electron chi connectivity index (χ2n) is 5.09. The van der Waals surface area contributed by atoms with Crippen molar-refractivity contribution in [3.8, 4) is 0 Å². The fourth-order valence-electron chi connectivity index (χ4n) is 2.60. The Hall–Kier alpha value is -1.74. The van der Waals surface area contributed by atoms with Gasteiger partial charge in [0.15, 0.2) is 0 Å². The van der Waals surface area contributed by atoms with Crippen LogP contribution < -0.4 is 5.32 Å². The lowest BCUT2D eigenvalue weighted by Gasteiger charge is -2.26. The van der Waals surface area contributed by atoms with Gasteiger partial charge in [0, 0.05) is 12.0 Å². The Morgan fingerprint density at radius 2 is 1.48 bits per heavy atom. The summed E-state index contributed by atoms with van der Waals surface area (Å²) in [6.45, 7) is 2.07. The van der Waals surface area contributed by atoms with E-state index in [0.29, 0.717) is 5.75 Å². The van der Waals surface area contributed by atoms with Gasteiger partial charge in [-0.2, -0.15) is 11.8 Å². The van der Waals surface area contributed by atoms with E-state index in [2.05, 4.69) is 36.5 Å². The maximum Gasteiger partial charge on any atom is 0.230 e. The SMILES string of the molecule is CSCC(=O)NC(C)C(c1ccccc1)c1ccccc1. The highest BCUT2D eigenvalue weighted by Gasteiger charge is 2.22. The number of carbonyl (C=O) groups excluding carboxylic acids is 1. The van der Waals surface area contributed by atoms with Crippen molar-refractivity contribution < 1.29 is 4.79 Å². The zero-order valence-electron chi connectivity index (χ0n) is 12.5. The van der Waals surface area contributed by atoms with Crippen molar-refractivity contribution in [3.05, 3.63) is 71.8 Å². The fraction of sp³-hybridized carbons (Fsp3) is 0.278. The van der Waals surface area contributed by atoms with E-state index in [-0.39, 0.29) is 17.9 Å². The van der Waals surface area contributed by atoms with Crippen LogP contribution in [0.25, 0.3) is 0 Å². The molecule has 0 aromatic heterocycles. The van der Waals surface area contributed by atoms with E-state index in [1.165, 1.54) is 11.1 Å². The van der Waals surface area contributed by atoms with Gasteiger partial charge in [0.1, 0.15) is 0 Å². The van der Waals surface area contributed by atoms with Gasteiger partial charge in [0.2, 0.25) is 5.91 Å². The van der Waals surface area contributed by atoms with E-state index in [0.717, 1.165) is 0 Å². The average Bonchev–Trinajstić information content (AvgIpc) is 2.50. The van der Waals surface area contributed by atoms with Crippen LogP contribution in [0.2, 0.25) is 0 Å². The van der Waals surface area contributed by atoms with Crippen LogP contribution in [0.4, 0.5) is 0 Å². The molecule has 1 N–H and O–H groups in total. The van der Waals surface area contributed by atoms with Crippen LogP contribution in [0.5, 0.6) is 0 Å². The lowest BCUT2D eigenvalue weighted by molar-refractivity contribution is -0.119. The smallest absolute Gasteiger partial charge is 0.230 e. The molecule has 1 amide bonds. The number of benzene rings is 2. The van der Waals surface area contributed by atoms with E-state index in [4.69, 9.17) is 0 Å². The number of rotatable bonds is 6. The summed E-state index contributed by atoms with van der Waals surface area (Å²) in [6, 6.07) is 20.7. The normalized spacial score (nSPS) is 12.1. The molecule has 0 fully saturated rings. The predicted molar refractivity (Wildman–Crippen MR) is 90.7 cm³/mol. The molecule has 0 bridgehead atoms. The molecule has 0 aliphatic rings. The molecule has 2 rings (SSSR count). The van der Waals surface area contributed by atoms with E-state index < -0.39 is 0 Å². The third kappa shape index (κ3) is 4.36. The Bertz CT molecular complexity index is 516. The Kier molecular flexibility index (Phi) is 5.88. The number of amides is 1. The minimum Gasteiger partial charge on any atom is -0.352 e. The molecule has 1 atom stereocenters. The zero-order valence-corrected chi connectivity index (χ0v) is 13.3. The molecule has 2 aromatic rings. The van der Waals surface area contributed by atoms with Crippen molar-refractivity contribution in [1.29, 1.82) is 0 Å². The van der Waals surface area contributed by atoms with Gasteiger partial charge in [-0.1, -0.05) is 60.7 Å². The van der Waals surface area contributed by atoms with Gasteiger partial charge >= 0.3 is 0 Å². The van der Waals surface area contributed by atoms with E-state index in [1.54, 1.807) is 11.8 Å². The summed E-state index contributed by atoms with van der Waals surface area (Å²) in [7, 11) is 0. The first-order valence-electron chi connectivity index (χ1n) is 7.10. The number of hydrogen-bond acceptors (Lipinski definition) is 2. The third-order valence-electron chi connectivity index (χ3n) is 3.48. The van der Waals surface area contributed by atoms with E-state index in [1.807, 2.05) is 42.7 Å². The van der Waals surface area contributed by atoms with Crippen LogP contribution >= 0.6 is 11.8 Å². The summed E-state index contributed by atoms with van der Waals surface area (Å²) in [5.41, 5.74) is 2.45. The van der Waals surface area contributed by atoms with Crippen LogP contribution in [0.1, 0.15) is 24.0 Å². The summed E-state index contributed by atoms with van der Waals surface area (Å²) in [4.78, 5) is 11.9. The predicted octanol–water partition coefficient (Wildman–Crippen LogP) is 3.69. The average molecular weight is 299 g/mol. The van der Waals surface area contributed by atoms with Gasteiger partial charge in [0.25, 0.3) is 0 Å². The van der Waals surface area contributed by atoms with Crippen molar-refractivity contribution in [2.75, 3.05) is 12.0 Å². The first-order valence-corrected chi connectivity index (χ1v) is 8.50. The summed E-state index contributed by atoms with van der Waals surface area (Å²) >= 11 is 1.54. The lowest BCUT2D eigenvalue weighted by Crippen LogP contribution is -2.38. The zero-order chi connectivity index (χ0) is 15.1. The molecule has 0 aliphatic heterocycles. The van der Waals surface area contributed by atoms with Crippen molar-refractivity contribution in [3.63, 3.8) is 0 Å². The Morgan fingerprint density at radius 1 is 1.00 bits per heavy atom. The lowest BCUT2D eigenvalue weighted by atomic mass is 9.86. The van der Waals surface area contributed by atoms with Gasteiger partial charge in [-0.3, -0.25) is 4.79 Å². The molecule has 2 nitrogen and oxygen atoms in total. The van der Waals surface area contributed by atoms with E-state index in [9.17, 15) is 4.79 Å². The van der Waals surface area contributed by atoms with Crippen LogP contribution in [0, 0.1) is 0 Å². The molecule has 0 heterocycles. The van der Waals surface area contributed by atoms with Gasteiger partial charge in [-0.05, 0) is 24.3 Å². The largest absolute Gasteiger partial charge is 0.352 e. The molecule has 0 spiro atoms. The number of carbonyl (C=O) groups is 1. The quantitative estimate of drug-likeness (QED) is 0.881. The van der Waals surface area contributed by atoms with Crippen molar-refractivity contribution in [2.45, 2.75) is 18.9 Å². The minimum atomic E-state index is 0.0504. The first kappa shape index (κ1) is 15.6. The number of hydrogen-bond donors (Lipinski definition) is 1. The Labute approximate surface area is 131 Å². The summed E-state index contributed by atoms with van der Waals surface area (Å²) in [6.07, 6.45) is 1.94. The maximum atomic E-state index is 11.9. The van der Waals surface area contributed by atoms with Crippen LogP contribution in [-0.2, 0) is 4.79 Å². The molecular formula is C18H21NOS. The molecule has 1 unspecified atom stereocenters. The van der Waals surface area contributed by atoms with Crippen LogP contribution in [0.3, 0.4) is 0 Å². The molecule has 0 saturated carbocycles. The molecular weight excluding hydrogens is 278 g/mol. The highest BCUT2D eigenvalue weighted by molar-refractivity contribution is 7.99. The number of nitrogens with one attached hydrogen (secondary N) is 1. The molecule has 2 aromatic carbocycles. The topological polar surface area (TPSA) is 29.1 Å². The van der Waals surface area contributed by atoms with E-state index >= 15 is 0 Å². The highest BCUT2D eigenvalue weighted by atomic mass is 32.2. The summed E-state index contributed by atoms with van der Waals surface area (Å²) in [5.74, 6) is 0.755. The standard InChI is InChI=1S/C18H21NOS/c1-14(19-17(20)13-21-2)18(15-9-5-3-6-10-15)16-11-7-4-8-12-16/h3-12,14,18H,13H2,1-2H3,(H,19,20). The van der Waals surface area contributed by atoms with Gasteiger partial charge in [-0.15, -0.1) is 0 Å². The van der Waals surface area contributed by atoms with Crippen LogP contribution in [-0.4, -0.2) is 24.0 Å². The molecule has 21 heavy (non-hydrogen) atoms. The second-order valence-corrected chi connectivity index (χ2v) is 5.95. The monoisotopic (exact) mass is 299 g/mol. The molecule has 3 heteroatoms. The Balaban J connectivity index is 2.26. The third-order valence-corrected chi connectivity index (χ3v) is 4.03. The molecule has 0 saturated heterocycles. The molecule has 110 valence electrons. The maximum absolute atomic E-state index is 11.9. The van der Waals surface area contributed by atoms with Gasteiger partial charge in [-0.25, -0.2) is 0 Å². The highest BCUT2D eigenvalue weighted by Crippen LogP contribution is 2.27. The molecule has 0 aliphatic carbocycles. The fourth-order valence-corrected chi connectivity index (χ4v) is 2.95. The van der Waals surface area contributed by atoms with Gasteiger partial charge < -0.3 is 5.32 Å². The van der Waals surface area contributed by atoms with Gasteiger partial charge in [0.05, 0.1) is 5.75 Å². The first-order chi connectivity index (χ1) is 10.2. The summed E-state index contributed by atoms with van der Waals surface area (Å²) in [5, 5.41) is 3.12. The Morgan fingerprint density at radius 3 is 1.90 bits per heavy atom. The second kappa shape index (κ2) is 7.89.